The summed E-state index contributed by atoms with van der Waals surface area (Å²) in [5.74, 6) is 1.25. The van der Waals surface area contributed by atoms with Gasteiger partial charge in [0.2, 0.25) is 0 Å². The van der Waals surface area contributed by atoms with Gasteiger partial charge in [-0.3, -0.25) is 4.99 Å². The number of aliphatic imine (C=N–C) groups is 1. The van der Waals surface area contributed by atoms with Crippen molar-refractivity contribution in [1.82, 2.24) is 4.90 Å². The topological polar surface area (TPSA) is 15.6 Å². The highest BCUT2D eigenvalue weighted by atomic mass is 15.3. The maximum Gasteiger partial charge on any atom is 0.131 e. The van der Waals surface area contributed by atoms with Crippen LogP contribution in [0.3, 0.4) is 0 Å². The summed E-state index contributed by atoms with van der Waals surface area (Å²) in [5, 5.41) is 2.72. The first-order valence-electron chi connectivity index (χ1n) is 10.7. The molecule has 1 unspecified atom stereocenters. The van der Waals surface area contributed by atoms with Gasteiger partial charge in [-0.1, -0.05) is 60.7 Å². The van der Waals surface area contributed by atoms with Crippen LogP contribution in [0, 0.1) is 6.92 Å². The lowest BCUT2D eigenvalue weighted by Crippen LogP contribution is -2.41. The molecule has 3 aromatic rings. The Morgan fingerprint density at radius 3 is 2.75 bits per heavy atom. The predicted octanol–water partition coefficient (Wildman–Crippen LogP) is 5.55. The van der Waals surface area contributed by atoms with Gasteiger partial charge in [0, 0.05) is 12.1 Å². The Hall–Kier alpha value is -2.61. The Morgan fingerprint density at radius 2 is 1.79 bits per heavy atom. The lowest BCUT2D eigenvalue weighted by molar-refractivity contribution is 0.269. The van der Waals surface area contributed by atoms with Crippen molar-refractivity contribution in [2.24, 2.45) is 4.99 Å². The second kappa shape index (κ2) is 7.43. The third-order valence-corrected chi connectivity index (χ3v) is 6.53. The van der Waals surface area contributed by atoms with Crippen molar-refractivity contribution in [3.05, 3.63) is 82.9 Å². The number of aryl methyl sites for hydroxylation is 2. The van der Waals surface area contributed by atoms with Crippen LogP contribution < -0.4 is 0 Å². The van der Waals surface area contributed by atoms with E-state index in [1.807, 2.05) is 0 Å². The van der Waals surface area contributed by atoms with Crippen LogP contribution in [0.2, 0.25) is 0 Å². The van der Waals surface area contributed by atoms with Gasteiger partial charge in [-0.25, -0.2) is 0 Å². The molecule has 5 rings (SSSR count). The molecule has 0 radical (unpaired) electrons. The molecule has 0 aromatic heterocycles. The Morgan fingerprint density at radius 1 is 0.929 bits per heavy atom. The number of benzene rings is 3. The number of hydrogen-bond donors (Lipinski definition) is 0. The van der Waals surface area contributed by atoms with E-state index in [-0.39, 0.29) is 0 Å². The molecule has 2 nitrogen and oxygen atoms in total. The van der Waals surface area contributed by atoms with E-state index in [1.54, 1.807) is 0 Å². The average Bonchev–Trinajstić information content (AvgIpc) is 3.17. The minimum Gasteiger partial charge on any atom is -0.352 e. The van der Waals surface area contributed by atoms with E-state index in [4.69, 9.17) is 4.99 Å². The summed E-state index contributed by atoms with van der Waals surface area (Å²) in [4.78, 5) is 7.58. The zero-order chi connectivity index (χ0) is 18.9. The van der Waals surface area contributed by atoms with Crippen LogP contribution in [0.1, 0.15) is 41.5 Å². The molecular weight excluding hydrogens is 340 g/mol. The van der Waals surface area contributed by atoms with Gasteiger partial charge >= 0.3 is 0 Å². The molecule has 0 saturated carbocycles. The fourth-order valence-corrected chi connectivity index (χ4v) is 5.01. The fraction of sp³-hybridized carbons (Fsp3) is 0.346. The molecule has 0 bridgehead atoms. The van der Waals surface area contributed by atoms with Crippen LogP contribution in [-0.2, 0) is 12.8 Å². The van der Waals surface area contributed by atoms with Crippen molar-refractivity contribution in [2.45, 2.75) is 45.1 Å². The Bertz CT molecular complexity index is 1030. The molecule has 1 atom stereocenters. The first-order chi connectivity index (χ1) is 13.8. The summed E-state index contributed by atoms with van der Waals surface area (Å²) in [6.45, 7) is 4.40. The molecule has 0 N–H and O–H groups in total. The van der Waals surface area contributed by atoms with Crippen molar-refractivity contribution in [2.75, 3.05) is 13.1 Å². The van der Waals surface area contributed by atoms with E-state index in [2.05, 4.69) is 72.5 Å². The second-order valence-corrected chi connectivity index (χ2v) is 8.25. The van der Waals surface area contributed by atoms with E-state index in [1.165, 1.54) is 64.7 Å². The highest BCUT2D eigenvalue weighted by Crippen LogP contribution is 2.29. The first kappa shape index (κ1) is 17.5. The van der Waals surface area contributed by atoms with E-state index >= 15 is 0 Å². The molecule has 1 saturated heterocycles. The van der Waals surface area contributed by atoms with E-state index in [0.29, 0.717) is 6.04 Å². The molecule has 2 aliphatic heterocycles. The van der Waals surface area contributed by atoms with Crippen LogP contribution in [0.4, 0.5) is 0 Å². The maximum atomic E-state index is 5.00. The maximum absolute atomic E-state index is 5.00. The fourth-order valence-electron chi connectivity index (χ4n) is 5.01. The summed E-state index contributed by atoms with van der Waals surface area (Å²) in [6.07, 6.45) is 6.08. The molecule has 3 aromatic carbocycles. The standard InChI is InChI=1S/C26H28N2/c1-19-8-6-14-25(26-27-18-22-12-4-5-17-28(22)26)23(19)16-15-21-11-7-10-20-9-2-3-13-24(20)21/h2-3,6-11,13-14,22H,4-5,12,15-18H2,1H3. The number of amidine groups is 1. The van der Waals surface area contributed by atoms with E-state index < -0.39 is 0 Å². The van der Waals surface area contributed by atoms with Gasteiger partial charge in [0.15, 0.2) is 0 Å². The number of piperidine rings is 1. The number of hydrogen-bond acceptors (Lipinski definition) is 2. The van der Waals surface area contributed by atoms with Crippen molar-refractivity contribution < 1.29 is 0 Å². The highest BCUT2D eigenvalue weighted by Gasteiger charge is 2.31. The van der Waals surface area contributed by atoms with Gasteiger partial charge in [-0.05, 0) is 66.5 Å². The molecule has 0 spiro atoms. The molecular formula is C26H28N2. The lowest BCUT2D eigenvalue weighted by atomic mass is 9.92. The molecule has 142 valence electrons. The minimum atomic E-state index is 0.634. The largest absolute Gasteiger partial charge is 0.352 e. The first-order valence-corrected chi connectivity index (χ1v) is 10.7. The zero-order valence-corrected chi connectivity index (χ0v) is 16.7. The van der Waals surface area contributed by atoms with Gasteiger partial charge in [0.1, 0.15) is 5.84 Å². The summed E-state index contributed by atoms with van der Waals surface area (Å²) in [7, 11) is 0. The number of rotatable bonds is 4. The molecule has 2 heteroatoms. The Labute approximate surface area is 167 Å². The van der Waals surface area contributed by atoms with E-state index in [0.717, 1.165) is 19.4 Å². The summed E-state index contributed by atoms with van der Waals surface area (Å²) < 4.78 is 0. The van der Waals surface area contributed by atoms with Crippen LogP contribution in [0.25, 0.3) is 10.8 Å². The zero-order valence-electron chi connectivity index (χ0n) is 16.7. The number of nitrogens with zero attached hydrogens (tertiary/aromatic N) is 2. The predicted molar refractivity (Wildman–Crippen MR) is 118 cm³/mol. The van der Waals surface area contributed by atoms with Crippen molar-refractivity contribution in [3.63, 3.8) is 0 Å². The van der Waals surface area contributed by atoms with Gasteiger partial charge in [0.25, 0.3) is 0 Å². The summed E-state index contributed by atoms with van der Waals surface area (Å²) >= 11 is 0. The Kier molecular flexibility index (Phi) is 4.64. The Balaban J connectivity index is 1.46. The summed E-state index contributed by atoms with van der Waals surface area (Å²) in [6, 6.07) is 22.8. The van der Waals surface area contributed by atoms with Crippen molar-refractivity contribution in [3.8, 4) is 0 Å². The van der Waals surface area contributed by atoms with Gasteiger partial charge in [0.05, 0.1) is 12.6 Å². The molecule has 0 amide bonds. The lowest BCUT2D eigenvalue weighted by Gasteiger charge is -2.33. The van der Waals surface area contributed by atoms with Crippen LogP contribution in [0.5, 0.6) is 0 Å². The van der Waals surface area contributed by atoms with Crippen LogP contribution in [-0.4, -0.2) is 29.9 Å². The second-order valence-electron chi connectivity index (χ2n) is 8.25. The third kappa shape index (κ3) is 3.11. The minimum absolute atomic E-state index is 0.634. The molecule has 2 heterocycles. The molecule has 1 fully saturated rings. The molecule has 28 heavy (non-hydrogen) atoms. The van der Waals surface area contributed by atoms with Gasteiger partial charge in [-0.15, -0.1) is 0 Å². The number of fused-ring (bicyclic) bond motifs is 2. The van der Waals surface area contributed by atoms with Crippen LogP contribution >= 0.6 is 0 Å². The van der Waals surface area contributed by atoms with Gasteiger partial charge in [-0.2, -0.15) is 0 Å². The smallest absolute Gasteiger partial charge is 0.131 e. The van der Waals surface area contributed by atoms with Gasteiger partial charge < -0.3 is 4.90 Å². The highest BCUT2D eigenvalue weighted by molar-refractivity contribution is 6.01. The molecule has 2 aliphatic rings. The van der Waals surface area contributed by atoms with Crippen LogP contribution in [0.15, 0.2) is 65.7 Å². The summed E-state index contributed by atoms with van der Waals surface area (Å²) in [5.41, 5.74) is 5.67. The average molecular weight is 369 g/mol. The quantitative estimate of drug-likeness (QED) is 0.590. The van der Waals surface area contributed by atoms with Crippen molar-refractivity contribution in [1.29, 1.82) is 0 Å². The third-order valence-electron chi connectivity index (χ3n) is 6.53. The van der Waals surface area contributed by atoms with E-state index in [9.17, 15) is 0 Å². The van der Waals surface area contributed by atoms with Crippen molar-refractivity contribution >= 4 is 16.6 Å². The SMILES string of the molecule is Cc1cccc(C2=NCC3CCCCN23)c1CCc1cccc2ccccc12. The normalized spacial score (nSPS) is 19.0. The molecule has 0 aliphatic carbocycles. The monoisotopic (exact) mass is 368 g/mol.